The second kappa shape index (κ2) is 5.24. The van der Waals surface area contributed by atoms with Crippen LogP contribution in [0.2, 0.25) is 0 Å². The summed E-state index contributed by atoms with van der Waals surface area (Å²) in [5.41, 5.74) is 9.40. The van der Waals surface area contributed by atoms with Crippen molar-refractivity contribution in [3.05, 3.63) is 22.9 Å². The molecule has 1 aliphatic carbocycles. The smallest absolute Gasteiger partial charge is 0.218 e. The Morgan fingerprint density at radius 1 is 1.39 bits per heavy atom. The summed E-state index contributed by atoms with van der Waals surface area (Å²) < 4.78 is 11.3. The number of fused-ring (bicyclic) bond motifs is 1. The highest BCUT2D eigenvalue weighted by molar-refractivity contribution is 5.36. The molecule has 3 rings (SSSR count). The van der Waals surface area contributed by atoms with Gasteiger partial charge >= 0.3 is 0 Å². The fourth-order valence-corrected chi connectivity index (χ4v) is 2.67. The molecule has 98 valence electrons. The van der Waals surface area contributed by atoms with Gasteiger partial charge in [0.1, 0.15) is 6.10 Å². The van der Waals surface area contributed by atoms with E-state index in [4.69, 9.17) is 15.2 Å². The Labute approximate surface area is 107 Å². The first-order valence-electron chi connectivity index (χ1n) is 6.83. The van der Waals surface area contributed by atoms with Crippen LogP contribution in [0.4, 0.5) is 0 Å². The van der Waals surface area contributed by atoms with Gasteiger partial charge in [0.05, 0.1) is 13.2 Å². The van der Waals surface area contributed by atoms with E-state index in [9.17, 15) is 0 Å². The Balaban J connectivity index is 1.86. The van der Waals surface area contributed by atoms with Gasteiger partial charge in [0, 0.05) is 24.2 Å². The van der Waals surface area contributed by atoms with Crippen LogP contribution in [0.25, 0.3) is 0 Å². The number of rotatable bonds is 3. The molecule has 1 aliphatic heterocycles. The summed E-state index contributed by atoms with van der Waals surface area (Å²) in [5.74, 6) is 0.730. The molecular formula is C14H20N2O2. The molecule has 1 fully saturated rings. The van der Waals surface area contributed by atoms with E-state index in [2.05, 4.69) is 11.1 Å². The lowest BCUT2D eigenvalue weighted by Crippen LogP contribution is -2.19. The number of nitrogens with two attached hydrogens (primary N) is 1. The maximum Gasteiger partial charge on any atom is 0.218 e. The molecular weight excluding hydrogens is 228 g/mol. The summed E-state index contributed by atoms with van der Waals surface area (Å²) >= 11 is 0. The number of ether oxygens (including phenoxy) is 2. The van der Waals surface area contributed by atoms with Crippen LogP contribution in [0.15, 0.2) is 6.07 Å². The standard InChI is InChI=1S/C14H20N2O2/c15-8-11-7-10-3-1-2-4-13(10)16-14(11)18-12-5-6-17-9-12/h7,12H,1-6,8-9,15H2. The van der Waals surface area contributed by atoms with Crippen molar-refractivity contribution in [2.24, 2.45) is 5.73 Å². The van der Waals surface area contributed by atoms with Gasteiger partial charge in [-0.25, -0.2) is 4.98 Å². The van der Waals surface area contributed by atoms with E-state index in [0.29, 0.717) is 13.2 Å². The third-order valence-electron chi connectivity index (χ3n) is 3.73. The third-order valence-corrected chi connectivity index (χ3v) is 3.73. The van der Waals surface area contributed by atoms with Crippen LogP contribution in [0, 0.1) is 0 Å². The summed E-state index contributed by atoms with van der Waals surface area (Å²) in [6.45, 7) is 1.94. The van der Waals surface area contributed by atoms with Gasteiger partial charge in [-0.1, -0.05) is 0 Å². The quantitative estimate of drug-likeness (QED) is 0.882. The Hall–Kier alpha value is -1.13. The zero-order valence-corrected chi connectivity index (χ0v) is 10.7. The van der Waals surface area contributed by atoms with Crippen molar-refractivity contribution in [2.45, 2.75) is 44.8 Å². The molecule has 0 spiro atoms. The van der Waals surface area contributed by atoms with E-state index in [1.165, 1.54) is 24.1 Å². The minimum Gasteiger partial charge on any atom is -0.472 e. The summed E-state index contributed by atoms with van der Waals surface area (Å²) in [6, 6.07) is 2.19. The first-order valence-corrected chi connectivity index (χ1v) is 6.83. The van der Waals surface area contributed by atoms with Crippen LogP contribution in [-0.2, 0) is 24.1 Å². The van der Waals surface area contributed by atoms with Crippen molar-refractivity contribution in [3.63, 3.8) is 0 Å². The van der Waals surface area contributed by atoms with Gasteiger partial charge in [0.25, 0.3) is 0 Å². The van der Waals surface area contributed by atoms with E-state index in [1.54, 1.807) is 0 Å². The van der Waals surface area contributed by atoms with Gasteiger partial charge in [0.2, 0.25) is 5.88 Å². The molecule has 1 aromatic rings. The summed E-state index contributed by atoms with van der Waals surface area (Å²) in [5, 5.41) is 0. The molecule has 2 aliphatic rings. The predicted molar refractivity (Wildman–Crippen MR) is 68.6 cm³/mol. The molecule has 2 N–H and O–H groups in total. The first kappa shape index (κ1) is 11.9. The van der Waals surface area contributed by atoms with Crippen LogP contribution in [0.3, 0.4) is 0 Å². The number of hydrogen-bond acceptors (Lipinski definition) is 4. The van der Waals surface area contributed by atoms with Gasteiger partial charge < -0.3 is 15.2 Å². The van der Waals surface area contributed by atoms with E-state index < -0.39 is 0 Å². The maximum absolute atomic E-state index is 5.95. The van der Waals surface area contributed by atoms with Crippen molar-refractivity contribution in [1.29, 1.82) is 0 Å². The zero-order valence-electron chi connectivity index (χ0n) is 10.7. The number of pyridine rings is 1. The third kappa shape index (κ3) is 2.35. The molecule has 1 atom stereocenters. The Morgan fingerprint density at radius 3 is 3.06 bits per heavy atom. The molecule has 1 saturated heterocycles. The van der Waals surface area contributed by atoms with Gasteiger partial charge in [-0.3, -0.25) is 0 Å². The van der Waals surface area contributed by atoms with Crippen LogP contribution in [0.1, 0.15) is 36.1 Å². The molecule has 0 aromatic carbocycles. The Kier molecular flexibility index (Phi) is 3.48. The van der Waals surface area contributed by atoms with Crippen molar-refractivity contribution in [2.75, 3.05) is 13.2 Å². The summed E-state index contributed by atoms with van der Waals surface area (Å²) in [6.07, 6.45) is 5.77. The average Bonchev–Trinajstić information content (AvgIpc) is 2.91. The molecule has 0 saturated carbocycles. The van der Waals surface area contributed by atoms with E-state index in [0.717, 1.165) is 37.3 Å². The number of nitrogens with zero attached hydrogens (tertiary/aromatic N) is 1. The van der Waals surface area contributed by atoms with Crippen molar-refractivity contribution in [1.82, 2.24) is 4.98 Å². The Bertz CT molecular complexity index is 428. The van der Waals surface area contributed by atoms with Crippen molar-refractivity contribution in [3.8, 4) is 5.88 Å². The fraction of sp³-hybridized carbons (Fsp3) is 0.643. The number of aryl methyl sites for hydroxylation is 2. The molecule has 2 heterocycles. The molecule has 1 unspecified atom stereocenters. The maximum atomic E-state index is 5.95. The highest BCUT2D eigenvalue weighted by atomic mass is 16.5. The monoisotopic (exact) mass is 248 g/mol. The first-order chi connectivity index (χ1) is 8.86. The number of aromatic nitrogens is 1. The van der Waals surface area contributed by atoms with Crippen molar-refractivity contribution < 1.29 is 9.47 Å². The normalized spacial score (nSPS) is 22.8. The lowest BCUT2D eigenvalue weighted by atomic mass is 9.95. The SMILES string of the molecule is NCc1cc2c(nc1OC1CCOC1)CCCC2. The van der Waals surface area contributed by atoms with Gasteiger partial charge in [-0.05, 0) is 37.3 Å². The summed E-state index contributed by atoms with van der Waals surface area (Å²) in [7, 11) is 0. The van der Waals surface area contributed by atoms with Crippen LogP contribution in [-0.4, -0.2) is 24.3 Å². The van der Waals surface area contributed by atoms with Crippen LogP contribution >= 0.6 is 0 Å². The lowest BCUT2D eigenvalue weighted by Gasteiger charge is -2.20. The van der Waals surface area contributed by atoms with Gasteiger partial charge in [0.15, 0.2) is 0 Å². The second-order valence-corrected chi connectivity index (χ2v) is 5.07. The number of hydrogen-bond donors (Lipinski definition) is 1. The lowest BCUT2D eigenvalue weighted by molar-refractivity contribution is 0.137. The average molecular weight is 248 g/mol. The van der Waals surface area contributed by atoms with E-state index in [-0.39, 0.29) is 6.10 Å². The predicted octanol–water partition coefficient (Wildman–Crippen LogP) is 1.59. The van der Waals surface area contributed by atoms with Crippen LogP contribution < -0.4 is 10.5 Å². The summed E-state index contributed by atoms with van der Waals surface area (Å²) in [4.78, 5) is 4.69. The molecule has 4 nitrogen and oxygen atoms in total. The molecule has 0 bridgehead atoms. The zero-order chi connectivity index (χ0) is 12.4. The Morgan fingerprint density at radius 2 is 2.28 bits per heavy atom. The molecule has 0 amide bonds. The largest absolute Gasteiger partial charge is 0.472 e. The molecule has 4 heteroatoms. The van der Waals surface area contributed by atoms with Gasteiger partial charge in [-0.15, -0.1) is 0 Å². The van der Waals surface area contributed by atoms with Crippen LogP contribution in [0.5, 0.6) is 5.88 Å². The molecule has 0 radical (unpaired) electrons. The van der Waals surface area contributed by atoms with E-state index in [1.807, 2.05) is 0 Å². The fourth-order valence-electron chi connectivity index (χ4n) is 2.67. The topological polar surface area (TPSA) is 57.4 Å². The molecule has 18 heavy (non-hydrogen) atoms. The van der Waals surface area contributed by atoms with Crippen molar-refractivity contribution >= 4 is 0 Å². The minimum atomic E-state index is 0.143. The highest BCUT2D eigenvalue weighted by Crippen LogP contribution is 2.27. The molecule has 1 aromatic heterocycles. The second-order valence-electron chi connectivity index (χ2n) is 5.07. The highest BCUT2D eigenvalue weighted by Gasteiger charge is 2.21. The van der Waals surface area contributed by atoms with E-state index >= 15 is 0 Å². The minimum absolute atomic E-state index is 0.143. The van der Waals surface area contributed by atoms with Gasteiger partial charge in [-0.2, -0.15) is 0 Å².